The molecule has 0 unspecified atom stereocenters. The Morgan fingerprint density at radius 3 is 2.53 bits per heavy atom. The minimum Gasteiger partial charge on any atom is -0.375 e. The molecule has 102 valence electrons. The van der Waals surface area contributed by atoms with E-state index in [1.807, 2.05) is 19.1 Å². The molecule has 2 rings (SSSR count). The molecule has 0 bridgehead atoms. The van der Waals surface area contributed by atoms with E-state index in [1.165, 1.54) is 11.3 Å². The van der Waals surface area contributed by atoms with Crippen LogP contribution in [0.3, 0.4) is 0 Å². The predicted molar refractivity (Wildman–Crippen MR) is 76.4 cm³/mol. The molecule has 0 atom stereocenters. The third kappa shape index (κ3) is 3.52. The number of aryl methyl sites for hydroxylation is 1. The van der Waals surface area contributed by atoms with Gasteiger partial charge in [-0.15, -0.1) is 11.3 Å². The molecule has 3 N–H and O–H groups in total. The van der Waals surface area contributed by atoms with Crippen LogP contribution in [0.25, 0.3) is 0 Å². The van der Waals surface area contributed by atoms with E-state index < -0.39 is 10.0 Å². The van der Waals surface area contributed by atoms with Gasteiger partial charge in [-0.1, -0.05) is 19.1 Å². The van der Waals surface area contributed by atoms with Crippen molar-refractivity contribution < 1.29 is 8.42 Å². The molecule has 0 aliphatic rings. The molecule has 1 aromatic carbocycles. The van der Waals surface area contributed by atoms with Gasteiger partial charge in [0.15, 0.2) is 5.13 Å². The van der Waals surface area contributed by atoms with Gasteiger partial charge in [0.05, 0.1) is 17.1 Å². The summed E-state index contributed by atoms with van der Waals surface area (Å²) in [7, 11) is -3.50. The van der Waals surface area contributed by atoms with Gasteiger partial charge in [-0.25, -0.2) is 18.1 Å². The lowest BCUT2D eigenvalue weighted by atomic mass is 10.2. The van der Waals surface area contributed by atoms with Crippen molar-refractivity contribution in [1.29, 1.82) is 0 Å². The molecule has 0 fully saturated rings. The van der Waals surface area contributed by atoms with Crippen LogP contribution in [0.1, 0.15) is 18.2 Å². The summed E-state index contributed by atoms with van der Waals surface area (Å²) in [4.78, 5) is 4.26. The summed E-state index contributed by atoms with van der Waals surface area (Å²) in [5.41, 5.74) is 7.22. The molecule has 0 radical (unpaired) electrons. The van der Waals surface area contributed by atoms with Gasteiger partial charge < -0.3 is 5.73 Å². The SMILES string of the molecule is CCc1ccc(S(=O)(=O)NCc2csc(N)n2)cc1. The first-order chi connectivity index (χ1) is 9.01. The van der Waals surface area contributed by atoms with E-state index >= 15 is 0 Å². The van der Waals surface area contributed by atoms with Crippen molar-refractivity contribution in [2.45, 2.75) is 24.8 Å². The highest BCUT2D eigenvalue weighted by atomic mass is 32.2. The average molecular weight is 297 g/mol. The zero-order valence-electron chi connectivity index (χ0n) is 10.5. The van der Waals surface area contributed by atoms with Crippen molar-refractivity contribution >= 4 is 26.5 Å². The van der Waals surface area contributed by atoms with Crippen LogP contribution >= 0.6 is 11.3 Å². The number of sulfonamides is 1. The van der Waals surface area contributed by atoms with Crippen LogP contribution in [0, 0.1) is 0 Å². The monoisotopic (exact) mass is 297 g/mol. The Hall–Kier alpha value is -1.44. The lowest BCUT2D eigenvalue weighted by Gasteiger charge is -2.06. The number of hydrogen-bond acceptors (Lipinski definition) is 5. The Morgan fingerprint density at radius 2 is 2.00 bits per heavy atom. The summed E-state index contributed by atoms with van der Waals surface area (Å²) in [6, 6.07) is 6.85. The highest BCUT2D eigenvalue weighted by molar-refractivity contribution is 7.89. The van der Waals surface area contributed by atoms with Crippen molar-refractivity contribution in [3.8, 4) is 0 Å². The molecule has 0 aliphatic carbocycles. The molecule has 2 aromatic rings. The van der Waals surface area contributed by atoms with E-state index in [0.29, 0.717) is 10.8 Å². The fourth-order valence-corrected chi connectivity index (χ4v) is 3.12. The van der Waals surface area contributed by atoms with Gasteiger partial charge in [-0.05, 0) is 24.1 Å². The molecule has 0 saturated heterocycles. The zero-order valence-corrected chi connectivity index (χ0v) is 12.1. The highest BCUT2D eigenvalue weighted by Crippen LogP contribution is 2.14. The summed E-state index contributed by atoms with van der Waals surface area (Å²) >= 11 is 1.29. The van der Waals surface area contributed by atoms with Crippen LogP contribution in [-0.4, -0.2) is 13.4 Å². The Balaban J connectivity index is 2.09. The van der Waals surface area contributed by atoms with Crippen molar-refractivity contribution in [3.05, 3.63) is 40.9 Å². The number of nitrogens with zero attached hydrogens (tertiary/aromatic N) is 1. The Bertz CT molecular complexity index is 648. The third-order valence-corrected chi connectivity index (χ3v) is 4.79. The fourth-order valence-electron chi connectivity index (χ4n) is 1.56. The van der Waals surface area contributed by atoms with Crippen LogP contribution in [0.15, 0.2) is 34.5 Å². The van der Waals surface area contributed by atoms with Crippen LogP contribution in [0.4, 0.5) is 5.13 Å². The number of rotatable bonds is 5. The predicted octanol–water partition coefficient (Wildman–Crippen LogP) is 1.77. The Kier molecular flexibility index (Phi) is 4.18. The van der Waals surface area contributed by atoms with Gasteiger partial charge >= 0.3 is 0 Å². The first-order valence-corrected chi connectivity index (χ1v) is 8.16. The zero-order chi connectivity index (χ0) is 13.9. The summed E-state index contributed by atoms with van der Waals surface area (Å²) in [5.74, 6) is 0. The highest BCUT2D eigenvalue weighted by Gasteiger charge is 2.14. The second-order valence-corrected chi connectivity index (χ2v) is 6.66. The molecule has 5 nitrogen and oxygen atoms in total. The Labute approximate surface area is 116 Å². The molecule has 7 heteroatoms. The van der Waals surface area contributed by atoms with Gasteiger partial charge in [-0.2, -0.15) is 0 Å². The standard InChI is InChI=1S/C12H15N3O2S2/c1-2-9-3-5-11(6-4-9)19(16,17)14-7-10-8-18-12(13)15-10/h3-6,8,14H,2,7H2,1H3,(H2,13,15). The van der Waals surface area contributed by atoms with Gasteiger partial charge in [-0.3, -0.25) is 0 Å². The van der Waals surface area contributed by atoms with Crippen LogP contribution in [-0.2, 0) is 23.0 Å². The lowest BCUT2D eigenvalue weighted by Crippen LogP contribution is -2.23. The number of nitrogen functional groups attached to an aromatic ring is 1. The van der Waals surface area contributed by atoms with E-state index in [-0.39, 0.29) is 11.4 Å². The number of anilines is 1. The summed E-state index contributed by atoms with van der Waals surface area (Å²) in [6.45, 7) is 2.17. The van der Waals surface area contributed by atoms with E-state index in [0.717, 1.165) is 12.0 Å². The maximum Gasteiger partial charge on any atom is 0.240 e. The quantitative estimate of drug-likeness (QED) is 0.880. The number of nitrogens with one attached hydrogen (secondary N) is 1. The number of thiazole rings is 1. The fraction of sp³-hybridized carbons (Fsp3) is 0.250. The summed E-state index contributed by atoms with van der Waals surface area (Å²) in [5, 5.41) is 2.17. The van der Waals surface area contributed by atoms with Crippen molar-refractivity contribution in [3.63, 3.8) is 0 Å². The number of aromatic nitrogens is 1. The number of hydrogen-bond donors (Lipinski definition) is 2. The molecule has 1 aromatic heterocycles. The topological polar surface area (TPSA) is 85.1 Å². The van der Waals surface area contributed by atoms with E-state index in [9.17, 15) is 8.42 Å². The maximum absolute atomic E-state index is 12.0. The summed E-state index contributed by atoms with van der Waals surface area (Å²) < 4.78 is 26.6. The van der Waals surface area contributed by atoms with Crippen LogP contribution in [0.5, 0.6) is 0 Å². The normalized spacial score (nSPS) is 11.6. The van der Waals surface area contributed by atoms with E-state index in [1.54, 1.807) is 17.5 Å². The first-order valence-electron chi connectivity index (χ1n) is 5.80. The molecule has 1 heterocycles. The van der Waals surface area contributed by atoms with Crippen molar-refractivity contribution in [2.24, 2.45) is 0 Å². The maximum atomic E-state index is 12.0. The van der Waals surface area contributed by atoms with Gasteiger partial charge in [0.2, 0.25) is 10.0 Å². The largest absolute Gasteiger partial charge is 0.375 e. The number of benzene rings is 1. The minimum atomic E-state index is -3.50. The molecule has 0 amide bonds. The summed E-state index contributed by atoms with van der Waals surface area (Å²) in [6.07, 6.45) is 0.881. The molecule has 0 aliphatic heterocycles. The van der Waals surface area contributed by atoms with E-state index in [2.05, 4.69) is 9.71 Å². The van der Waals surface area contributed by atoms with Gasteiger partial charge in [0, 0.05) is 5.38 Å². The second-order valence-electron chi connectivity index (χ2n) is 4.00. The first kappa shape index (κ1) is 14.0. The molecule has 19 heavy (non-hydrogen) atoms. The molecule has 0 spiro atoms. The molecular weight excluding hydrogens is 282 g/mol. The van der Waals surface area contributed by atoms with Crippen LogP contribution < -0.4 is 10.5 Å². The molecular formula is C12H15N3O2S2. The van der Waals surface area contributed by atoms with Crippen molar-refractivity contribution in [1.82, 2.24) is 9.71 Å². The number of nitrogens with two attached hydrogens (primary N) is 1. The molecule has 0 saturated carbocycles. The van der Waals surface area contributed by atoms with E-state index in [4.69, 9.17) is 5.73 Å². The van der Waals surface area contributed by atoms with Crippen LogP contribution in [0.2, 0.25) is 0 Å². The second kappa shape index (κ2) is 5.68. The third-order valence-electron chi connectivity index (χ3n) is 2.65. The van der Waals surface area contributed by atoms with Gasteiger partial charge in [0.25, 0.3) is 0 Å². The minimum absolute atomic E-state index is 0.144. The Morgan fingerprint density at radius 1 is 1.32 bits per heavy atom. The van der Waals surface area contributed by atoms with Crippen molar-refractivity contribution in [2.75, 3.05) is 5.73 Å². The smallest absolute Gasteiger partial charge is 0.240 e. The average Bonchev–Trinajstić information content (AvgIpc) is 2.82. The van der Waals surface area contributed by atoms with Gasteiger partial charge in [0.1, 0.15) is 0 Å². The lowest BCUT2D eigenvalue weighted by molar-refractivity contribution is 0.580.